The lowest BCUT2D eigenvalue weighted by molar-refractivity contribution is 0.0475. The monoisotopic (exact) mass is 285 g/mol. The van der Waals surface area contributed by atoms with Crippen molar-refractivity contribution in [3.63, 3.8) is 0 Å². The van der Waals surface area contributed by atoms with E-state index in [1.807, 2.05) is 12.3 Å². The second-order valence-corrected chi connectivity index (χ2v) is 5.21. The van der Waals surface area contributed by atoms with Crippen LogP contribution in [-0.4, -0.2) is 27.8 Å². The van der Waals surface area contributed by atoms with Crippen LogP contribution in [0.15, 0.2) is 19.4 Å². The van der Waals surface area contributed by atoms with Crippen LogP contribution in [0.1, 0.15) is 30.2 Å². The van der Waals surface area contributed by atoms with Crippen LogP contribution in [0, 0.1) is 0 Å². The molecule has 6 nitrogen and oxygen atoms in total. The van der Waals surface area contributed by atoms with E-state index in [2.05, 4.69) is 15.2 Å². The lowest BCUT2D eigenvalue weighted by Gasteiger charge is -1.94. The predicted octanol–water partition coefficient (Wildman–Crippen LogP) is 2.42. The van der Waals surface area contributed by atoms with Crippen LogP contribution in [0.3, 0.4) is 0 Å². The van der Waals surface area contributed by atoms with Gasteiger partial charge in [-0.05, 0) is 13.3 Å². The standard InChI is InChI=1S/C10H11N3O3S2/c1-3-6-5-17-10(11-6)18-9-13-12-7(16-9)8(14)15-4-2/h5H,3-4H2,1-2H3. The number of carbonyl (C=O) groups excluding carboxylic acids is 1. The normalized spacial score (nSPS) is 10.6. The van der Waals surface area contributed by atoms with Gasteiger partial charge in [0, 0.05) is 17.1 Å². The molecule has 0 aliphatic rings. The summed E-state index contributed by atoms with van der Waals surface area (Å²) in [5, 5.41) is 9.65. The van der Waals surface area contributed by atoms with E-state index in [0.29, 0.717) is 0 Å². The van der Waals surface area contributed by atoms with Crippen molar-refractivity contribution in [1.29, 1.82) is 0 Å². The van der Waals surface area contributed by atoms with Crippen LogP contribution in [0.5, 0.6) is 0 Å². The molecule has 0 saturated carbocycles. The molecule has 0 atom stereocenters. The molecule has 0 fully saturated rings. The maximum absolute atomic E-state index is 11.3. The summed E-state index contributed by atoms with van der Waals surface area (Å²) >= 11 is 2.74. The minimum atomic E-state index is -0.606. The van der Waals surface area contributed by atoms with Gasteiger partial charge in [-0.2, -0.15) is 0 Å². The summed E-state index contributed by atoms with van der Waals surface area (Å²) in [6.45, 7) is 4.02. The Labute approximate surface area is 112 Å². The van der Waals surface area contributed by atoms with E-state index in [1.54, 1.807) is 6.92 Å². The minimum Gasteiger partial charge on any atom is -0.459 e. The minimum absolute atomic E-state index is 0.133. The lowest BCUT2D eigenvalue weighted by Crippen LogP contribution is -2.04. The highest BCUT2D eigenvalue weighted by Crippen LogP contribution is 2.29. The average molecular weight is 285 g/mol. The fourth-order valence-corrected chi connectivity index (χ4v) is 2.79. The third-order valence-electron chi connectivity index (χ3n) is 1.92. The molecular formula is C10H11N3O3S2. The van der Waals surface area contributed by atoms with Gasteiger partial charge in [-0.15, -0.1) is 16.4 Å². The number of aromatic nitrogens is 3. The van der Waals surface area contributed by atoms with Crippen LogP contribution >= 0.6 is 23.1 Å². The Kier molecular flexibility index (Phi) is 4.32. The Morgan fingerprint density at radius 3 is 3.00 bits per heavy atom. The van der Waals surface area contributed by atoms with Gasteiger partial charge in [-0.3, -0.25) is 0 Å². The number of rotatable bonds is 5. The summed E-state index contributed by atoms with van der Waals surface area (Å²) in [7, 11) is 0. The van der Waals surface area contributed by atoms with Gasteiger partial charge in [0.15, 0.2) is 4.34 Å². The number of hydrogen-bond donors (Lipinski definition) is 0. The summed E-state index contributed by atoms with van der Waals surface area (Å²) in [6, 6.07) is 0. The molecule has 2 rings (SSSR count). The highest BCUT2D eigenvalue weighted by atomic mass is 32.2. The molecule has 0 aliphatic carbocycles. The smallest absolute Gasteiger partial charge is 0.396 e. The van der Waals surface area contributed by atoms with Crippen molar-refractivity contribution in [3.8, 4) is 0 Å². The van der Waals surface area contributed by atoms with Crippen molar-refractivity contribution in [2.45, 2.75) is 29.8 Å². The van der Waals surface area contributed by atoms with E-state index in [1.165, 1.54) is 23.1 Å². The van der Waals surface area contributed by atoms with Crippen LogP contribution in [0.25, 0.3) is 0 Å². The van der Waals surface area contributed by atoms with Crippen LogP contribution in [0.4, 0.5) is 0 Å². The lowest BCUT2D eigenvalue weighted by atomic mass is 10.4. The average Bonchev–Trinajstić information content (AvgIpc) is 2.99. The summed E-state index contributed by atoms with van der Waals surface area (Å²) in [6.07, 6.45) is 0.884. The van der Waals surface area contributed by atoms with E-state index in [-0.39, 0.29) is 17.7 Å². The van der Waals surface area contributed by atoms with Crippen LogP contribution in [-0.2, 0) is 11.2 Å². The van der Waals surface area contributed by atoms with Crippen molar-refractivity contribution in [2.24, 2.45) is 0 Å². The number of hydrogen-bond acceptors (Lipinski definition) is 8. The van der Waals surface area contributed by atoms with Gasteiger partial charge in [-0.25, -0.2) is 9.78 Å². The number of nitrogens with zero attached hydrogens (tertiary/aromatic N) is 3. The fourth-order valence-electron chi connectivity index (χ4n) is 1.10. The van der Waals surface area contributed by atoms with Crippen molar-refractivity contribution in [2.75, 3.05) is 6.61 Å². The molecule has 0 bridgehead atoms. The number of thiazole rings is 1. The van der Waals surface area contributed by atoms with E-state index >= 15 is 0 Å². The van der Waals surface area contributed by atoms with E-state index < -0.39 is 5.97 Å². The summed E-state index contributed by atoms with van der Waals surface area (Å²) < 4.78 is 10.7. The first-order chi connectivity index (χ1) is 8.72. The quantitative estimate of drug-likeness (QED) is 0.780. The van der Waals surface area contributed by atoms with E-state index in [4.69, 9.17) is 9.15 Å². The topological polar surface area (TPSA) is 78.1 Å². The SMILES string of the molecule is CCOC(=O)c1nnc(Sc2nc(CC)cs2)o1. The molecule has 0 spiro atoms. The molecule has 2 heterocycles. The maximum Gasteiger partial charge on any atom is 0.396 e. The molecule has 0 unspecified atom stereocenters. The molecule has 0 N–H and O–H groups in total. The molecule has 0 aromatic carbocycles. The zero-order chi connectivity index (χ0) is 13.0. The molecule has 0 saturated heterocycles. The van der Waals surface area contributed by atoms with Gasteiger partial charge in [-0.1, -0.05) is 12.0 Å². The molecule has 96 valence electrons. The molecule has 0 radical (unpaired) electrons. The van der Waals surface area contributed by atoms with Crippen molar-refractivity contribution >= 4 is 29.1 Å². The molecule has 0 amide bonds. The summed E-state index contributed by atoms with van der Waals surface area (Å²) in [5.74, 6) is -0.739. The van der Waals surface area contributed by atoms with Gasteiger partial charge in [0.05, 0.1) is 12.3 Å². The summed E-state index contributed by atoms with van der Waals surface area (Å²) in [4.78, 5) is 15.7. The second-order valence-electron chi connectivity index (χ2n) is 3.15. The van der Waals surface area contributed by atoms with Crippen LogP contribution < -0.4 is 0 Å². The molecule has 8 heteroatoms. The summed E-state index contributed by atoms with van der Waals surface area (Å²) in [5.41, 5.74) is 1.02. The molecule has 2 aromatic rings. The molecule has 2 aromatic heterocycles. The first-order valence-electron chi connectivity index (χ1n) is 5.35. The Morgan fingerprint density at radius 1 is 1.50 bits per heavy atom. The zero-order valence-electron chi connectivity index (χ0n) is 9.87. The maximum atomic E-state index is 11.3. The highest BCUT2D eigenvalue weighted by Gasteiger charge is 2.17. The van der Waals surface area contributed by atoms with Crippen molar-refractivity contribution in [1.82, 2.24) is 15.2 Å². The van der Waals surface area contributed by atoms with Gasteiger partial charge in [0.1, 0.15) is 0 Å². The van der Waals surface area contributed by atoms with Gasteiger partial charge < -0.3 is 9.15 Å². The zero-order valence-corrected chi connectivity index (χ0v) is 11.5. The predicted molar refractivity (Wildman–Crippen MR) is 65.9 cm³/mol. The first-order valence-corrected chi connectivity index (χ1v) is 7.05. The van der Waals surface area contributed by atoms with E-state index in [9.17, 15) is 4.79 Å². The largest absolute Gasteiger partial charge is 0.459 e. The number of carbonyl (C=O) groups is 1. The van der Waals surface area contributed by atoms with Gasteiger partial charge in [0.25, 0.3) is 5.22 Å². The van der Waals surface area contributed by atoms with Crippen LogP contribution in [0.2, 0.25) is 0 Å². The Balaban J connectivity index is 2.04. The first kappa shape index (κ1) is 13.0. The second kappa shape index (κ2) is 5.96. The number of esters is 1. The molecular weight excluding hydrogens is 274 g/mol. The number of ether oxygens (including phenoxy) is 1. The molecule has 18 heavy (non-hydrogen) atoms. The van der Waals surface area contributed by atoms with Crippen molar-refractivity contribution < 1.29 is 13.9 Å². The fraction of sp³-hybridized carbons (Fsp3) is 0.400. The van der Waals surface area contributed by atoms with Gasteiger partial charge in [0.2, 0.25) is 0 Å². The Morgan fingerprint density at radius 2 is 2.33 bits per heavy atom. The van der Waals surface area contributed by atoms with E-state index in [0.717, 1.165) is 16.5 Å². The highest BCUT2D eigenvalue weighted by molar-refractivity contribution is 8.00. The molecule has 0 aliphatic heterocycles. The Bertz CT molecular complexity index is 538. The van der Waals surface area contributed by atoms with Gasteiger partial charge >= 0.3 is 11.9 Å². The number of aryl methyl sites for hydroxylation is 1. The third-order valence-corrected chi connectivity index (χ3v) is 3.75. The third kappa shape index (κ3) is 3.08. The van der Waals surface area contributed by atoms with Crippen molar-refractivity contribution in [3.05, 3.63) is 17.0 Å². The Hall–Kier alpha value is -1.41.